The lowest BCUT2D eigenvalue weighted by Gasteiger charge is -2.15. The van der Waals surface area contributed by atoms with Gasteiger partial charge in [0.15, 0.2) is 5.82 Å². The molecule has 1 atom stereocenters. The molecule has 1 aromatic heterocycles. The maximum atomic E-state index is 12.3. The number of aryl methyl sites for hydroxylation is 2. The molecule has 0 unspecified atom stereocenters. The van der Waals surface area contributed by atoms with E-state index < -0.39 is 0 Å². The van der Waals surface area contributed by atoms with Gasteiger partial charge in [0.2, 0.25) is 0 Å². The van der Waals surface area contributed by atoms with Crippen LogP contribution in [0, 0.1) is 6.92 Å². The molecule has 23 heavy (non-hydrogen) atoms. The predicted octanol–water partition coefficient (Wildman–Crippen LogP) is 2.34. The quantitative estimate of drug-likeness (QED) is 0.851. The molecule has 124 valence electrons. The molecule has 2 aromatic rings. The third kappa shape index (κ3) is 4.39. The number of benzene rings is 1. The summed E-state index contributed by atoms with van der Waals surface area (Å²) in [6.45, 7) is 7.00. The summed E-state index contributed by atoms with van der Waals surface area (Å²) in [4.78, 5) is 16.7. The van der Waals surface area contributed by atoms with Gasteiger partial charge in [0.1, 0.15) is 5.82 Å². The second-order valence-corrected chi connectivity index (χ2v) is 5.38. The topological polar surface area (TPSA) is 69.0 Å². The van der Waals surface area contributed by atoms with Gasteiger partial charge in [-0.05, 0) is 32.4 Å². The molecule has 0 bridgehead atoms. The Bertz CT molecular complexity index is 666. The van der Waals surface area contributed by atoms with Crippen molar-refractivity contribution >= 4 is 5.91 Å². The van der Waals surface area contributed by atoms with E-state index in [0.717, 1.165) is 17.8 Å². The third-order valence-electron chi connectivity index (χ3n) is 3.60. The van der Waals surface area contributed by atoms with E-state index in [-0.39, 0.29) is 12.0 Å². The smallest absolute Gasteiger partial charge is 0.251 e. The van der Waals surface area contributed by atoms with Crippen molar-refractivity contribution in [3.8, 4) is 11.4 Å². The minimum atomic E-state index is -0.108. The first-order valence-corrected chi connectivity index (χ1v) is 7.93. The molecule has 0 aliphatic carbocycles. The van der Waals surface area contributed by atoms with Crippen LogP contribution in [-0.4, -0.2) is 39.9 Å². The van der Waals surface area contributed by atoms with E-state index in [2.05, 4.69) is 15.4 Å². The Morgan fingerprint density at radius 1 is 1.39 bits per heavy atom. The van der Waals surface area contributed by atoms with Crippen LogP contribution in [0.5, 0.6) is 0 Å². The van der Waals surface area contributed by atoms with Crippen LogP contribution in [-0.2, 0) is 11.8 Å². The normalized spacial score (nSPS) is 12.2. The van der Waals surface area contributed by atoms with Crippen LogP contribution in [0.25, 0.3) is 11.4 Å². The van der Waals surface area contributed by atoms with Crippen molar-refractivity contribution in [2.24, 2.45) is 7.05 Å². The zero-order valence-corrected chi connectivity index (χ0v) is 14.2. The van der Waals surface area contributed by atoms with Gasteiger partial charge in [-0.15, -0.1) is 0 Å². The summed E-state index contributed by atoms with van der Waals surface area (Å²) in [7, 11) is 1.84. The molecule has 2 rings (SSSR count). The van der Waals surface area contributed by atoms with E-state index >= 15 is 0 Å². The summed E-state index contributed by atoms with van der Waals surface area (Å²) in [5.74, 6) is 1.35. The van der Waals surface area contributed by atoms with Crippen LogP contribution < -0.4 is 5.32 Å². The lowest BCUT2D eigenvalue weighted by molar-refractivity contribution is 0.0569. The van der Waals surface area contributed by atoms with Crippen molar-refractivity contribution in [2.45, 2.75) is 33.3 Å². The summed E-state index contributed by atoms with van der Waals surface area (Å²) in [5, 5.41) is 7.17. The van der Waals surface area contributed by atoms with Crippen LogP contribution in [0.15, 0.2) is 24.3 Å². The van der Waals surface area contributed by atoms with Gasteiger partial charge < -0.3 is 10.1 Å². The second-order valence-electron chi connectivity index (χ2n) is 5.38. The number of amides is 1. The number of nitrogens with zero attached hydrogens (tertiary/aromatic N) is 3. The average molecular weight is 316 g/mol. The molecule has 0 spiro atoms. The van der Waals surface area contributed by atoms with Gasteiger partial charge in [0.25, 0.3) is 5.91 Å². The molecule has 0 saturated heterocycles. The summed E-state index contributed by atoms with van der Waals surface area (Å²) < 4.78 is 7.27. The van der Waals surface area contributed by atoms with Gasteiger partial charge >= 0.3 is 0 Å². The van der Waals surface area contributed by atoms with Gasteiger partial charge in [0.05, 0.1) is 6.10 Å². The van der Waals surface area contributed by atoms with Gasteiger partial charge in [-0.25, -0.2) is 9.67 Å². The first-order chi connectivity index (χ1) is 11.0. The highest BCUT2D eigenvalue weighted by atomic mass is 16.5. The SMILES string of the molecule is CCO[C@@H](CC)CNC(=O)c1cccc(-c2nc(C)nn2C)c1. The minimum absolute atomic E-state index is 0.0496. The molecule has 1 heterocycles. The highest BCUT2D eigenvalue weighted by molar-refractivity contribution is 5.95. The molecule has 6 nitrogen and oxygen atoms in total. The number of nitrogens with one attached hydrogen (secondary N) is 1. The number of aromatic nitrogens is 3. The average Bonchev–Trinajstić information content (AvgIpc) is 2.89. The van der Waals surface area contributed by atoms with Crippen molar-refractivity contribution in [1.82, 2.24) is 20.1 Å². The molecule has 1 amide bonds. The third-order valence-corrected chi connectivity index (χ3v) is 3.60. The summed E-state index contributed by atoms with van der Waals surface area (Å²) in [6, 6.07) is 7.41. The van der Waals surface area contributed by atoms with Crippen LogP contribution in [0.3, 0.4) is 0 Å². The van der Waals surface area contributed by atoms with E-state index in [4.69, 9.17) is 4.74 Å². The first kappa shape index (κ1) is 17.1. The molecular weight excluding hydrogens is 292 g/mol. The summed E-state index contributed by atoms with van der Waals surface area (Å²) in [6.07, 6.45) is 0.917. The summed E-state index contributed by atoms with van der Waals surface area (Å²) >= 11 is 0. The number of carbonyl (C=O) groups excluding carboxylic acids is 1. The largest absolute Gasteiger partial charge is 0.377 e. The standard InChI is InChI=1S/C17H24N4O2/c1-5-15(23-6-2)11-18-17(22)14-9-7-8-13(10-14)16-19-12(3)20-21(16)4/h7-10,15H,5-6,11H2,1-4H3,(H,18,22)/t15-/m0/s1. The van der Waals surface area contributed by atoms with Crippen molar-refractivity contribution in [1.29, 1.82) is 0 Å². The van der Waals surface area contributed by atoms with Crippen LogP contribution >= 0.6 is 0 Å². The zero-order chi connectivity index (χ0) is 16.8. The van der Waals surface area contributed by atoms with E-state index in [1.165, 1.54) is 0 Å². The Balaban J connectivity index is 2.10. The highest BCUT2D eigenvalue weighted by Crippen LogP contribution is 2.18. The van der Waals surface area contributed by atoms with E-state index in [0.29, 0.717) is 24.5 Å². The Morgan fingerprint density at radius 3 is 2.78 bits per heavy atom. The number of ether oxygens (including phenoxy) is 1. The Kier molecular flexibility index (Phi) is 5.87. The molecule has 6 heteroatoms. The molecule has 1 aromatic carbocycles. The molecule has 0 aliphatic rings. The molecule has 0 saturated carbocycles. The Labute approximate surface area is 136 Å². The lowest BCUT2D eigenvalue weighted by atomic mass is 10.1. The maximum Gasteiger partial charge on any atom is 0.251 e. The van der Waals surface area contributed by atoms with E-state index in [9.17, 15) is 4.79 Å². The van der Waals surface area contributed by atoms with Crippen LogP contribution in [0.2, 0.25) is 0 Å². The van der Waals surface area contributed by atoms with Crippen LogP contribution in [0.1, 0.15) is 36.5 Å². The Hall–Kier alpha value is -2.21. The number of rotatable bonds is 7. The van der Waals surface area contributed by atoms with Crippen LogP contribution in [0.4, 0.5) is 0 Å². The molecular formula is C17H24N4O2. The first-order valence-electron chi connectivity index (χ1n) is 7.93. The van der Waals surface area contributed by atoms with Crippen molar-refractivity contribution < 1.29 is 9.53 Å². The van der Waals surface area contributed by atoms with Gasteiger partial charge in [0, 0.05) is 31.3 Å². The van der Waals surface area contributed by atoms with Crippen molar-refractivity contribution in [2.75, 3.05) is 13.2 Å². The molecule has 1 N–H and O–H groups in total. The Morgan fingerprint density at radius 2 is 2.17 bits per heavy atom. The zero-order valence-electron chi connectivity index (χ0n) is 14.2. The maximum absolute atomic E-state index is 12.3. The van der Waals surface area contributed by atoms with Crippen molar-refractivity contribution in [3.05, 3.63) is 35.7 Å². The number of hydrogen-bond acceptors (Lipinski definition) is 4. The minimum Gasteiger partial charge on any atom is -0.377 e. The number of hydrogen-bond donors (Lipinski definition) is 1. The fourth-order valence-corrected chi connectivity index (χ4v) is 2.43. The van der Waals surface area contributed by atoms with Gasteiger partial charge in [-0.2, -0.15) is 5.10 Å². The van der Waals surface area contributed by atoms with Gasteiger partial charge in [-0.3, -0.25) is 4.79 Å². The molecule has 0 aliphatic heterocycles. The van der Waals surface area contributed by atoms with E-state index in [1.807, 2.05) is 46.0 Å². The molecule has 0 fully saturated rings. The number of carbonyl (C=O) groups is 1. The predicted molar refractivity (Wildman–Crippen MR) is 89.2 cm³/mol. The van der Waals surface area contributed by atoms with Gasteiger partial charge in [-0.1, -0.05) is 19.1 Å². The monoisotopic (exact) mass is 316 g/mol. The van der Waals surface area contributed by atoms with E-state index in [1.54, 1.807) is 10.7 Å². The highest BCUT2D eigenvalue weighted by Gasteiger charge is 2.12. The fourth-order valence-electron chi connectivity index (χ4n) is 2.43. The fraction of sp³-hybridized carbons (Fsp3) is 0.471. The lowest BCUT2D eigenvalue weighted by Crippen LogP contribution is -2.33. The van der Waals surface area contributed by atoms with Crippen molar-refractivity contribution in [3.63, 3.8) is 0 Å². The summed E-state index contributed by atoms with van der Waals surface area (Å²) in [5.41, 5.74) is 1.48. The second kappa shape index (κ2) is 7.87. The molecule has 0 radical (unpaired) electrons.